The number of ether oxygens (including phenoxy) is 1. The zero-order valence-corrected chi connectivity index (χ0v) is 15.5. The van der Waals surface area contributed by atoms with Crippen molar-refractivity contribution in [2.75, 3.05) is 0 Å². The average molecular weight is 396 g/mol. The molecule has 6 heteroatoms. The molecule has 0 aliphatic carbocycles. The molecule has 4 aromatic rings. The highest BCUT2D eigenvalue weighted by Gasteiger charge is 2.29. The van der Waals surface area contributed by atoms with Gasteiger partial charge in [-0.2, -0.15) is 13.2 Å². The Morgan fingerprint density at radius 2 is 1.55 bits per heavy atom. The van der Waals surface area contributed by atoms with Crippen LogP contribution in [0.1, 0.15) is 22.8 Å². The number of imidazole rings is 1. The van der Waals surface area contributed by atoms with Gasteiger partial charge in [-0.05, 0) is 35.4 Å². The lowest BCUT2D eigenvalue weighted by molar-refractivity contribution is -0.137. The molecule has 3 aromatic carbocycles. The van der Waals surface area contributed by atoms with Gasteiger partial charge in [-0.25, -0.2) is 4.98 Å². The molecule has 0 saturated carbocycles. The summed E-state index contributed by atoms with van der Waals surface area (Å²) in [6.07, 6.45) is -2.83. The number of hydrogen-bond acceptors (Lipinski definition) is 2. The molecule has 0 amide bonds. The van der Waals surface area contributed by atoms with Crippen LogP contribution in [0.4, 0.5) is 13.2 Å². The van der Waals surface area contributed by atoms with E-state index < -0.39 is 11.7 Å². The summed E-state index contributed by atoms with van der Waals surface area (Å²) < 4.78 is 46.4. The maximum Gasteiger partial charge on any atom is 0.416 e. The molecule has 0 unspecified atom stereocenters. The minimum atomic E-state index is -4.34. The number of rotatable bonds is 6. The normalized spacial score (nSPS) is 12.9. The van der Waals surface area contributed by atoms with Crippen molar-refractivity contribution >= 4 is 11.0 Å². The second kappa shape index (κ2) is 8.09. The highest BCUT2D eigenvalue weighted by Crippen LogP contribution is 2.30. The Morgan fingerprint density at radius 3 is 2.28 bits per heavy atom. The topological polar surface area (TPSA) is 27.1 Å². The minimum absolute atomic E-state index is 0.213. The fraction of sp³-hybridized carbons (Fsp3) is 0.174. The first-order valence-electron chi connectivity index (χ1n) is 9.23. The van der Waals surface area contributed by atoms with E-state index in [0.29, 0.717) is 12.1 Å². The first-order chi connectivity index (χ1) is 14.0. The third kappa shape index (κ3) is 4.49. The Balaban J connectivity index is 1.54. The van der Waals surface area contributed by atoms with E-state index in [1.807, 2.05) is 59.2 Å². The Labute approximate surface area is 166 Å². The highest BCUT2D eigenvalue weighted by molar-refractivity contribution is 5.74. The van der Waals surface area contributed by atoms with Crippen molar-refractivity contribution in [2.24, 2.45) is 0 Å². The summed E-state index contributed by atoms with van der Waals surface area (Å²) in [6.45, 7) is 0.759. The van der Waals surface area contributed by atoms with Gasteiger partial charge in [0.05, 0.1) is 36.1 Å². The summed E-state index contributed by atoms with van der Waals surface area (Å²) >= 11 is 0. The molecule has 0 saturated heterocycles. The van der Waals surface area contributed by atoms with Gasteiger partial charge in [0.15, 0.2) is 0 Å². The fourth-order valence-electron chi connectivity index (χ4n) is 3.24. The Morgan fingerprint density at radius 1 is 0.862 bits per heavy atom. The number of nitrogens with zero attached hydrogens (tertiary/aromatic N) is 2. The predicted octanol–water partition coefficient (Wildman–Crippen LogP) is 6.01. The van der Waals surface area contributed by atoms with Crippen molar-refractivity contribution in [1.29, 1.82) is 0 Å². The van der Waals surface area contributed by atoms with Crippen LogP contribution in [0.25, 0.3) is 11.0 Å². The number of fused-ring (bicyclic) bond motifs is 1. The van der Waals surface area contributed by atoms with Gasteiger partial charge in [-0.1, -0.05) is 54.6 Å². The van der Waals surface area contributed by atoms with E-state index in [-0.39, 0.29) is 12.7 Å². The summed E-state index contributed by atoms with van der Waals surface area (Å²) in [5, 5.41) is 0. The van der Waals surface area contributed by atoms with Gasteiger partial charge in [0.25, 0.3) is 0 Å². The van der Waals surface area contributed by atoms with Gasteiger partial charge in [-0.3, -0.25) is 0 Å². The van der Waals surface area contributed by atoms with E-state index in [2.05, 4.69) is 4.98 Å². The van der Waals surface area contributed by atoms with Crippen LogP contribution in [0.3, 0.4) is 0 Å². The summed E-state index contributed by atoms with van der Waals surface area (Å²) in [6, 6.07) is 22.7. The third-order valence-electron chi connectivity index (χ3n) is 4.79. The van der Waals surface area contributed by atoms with Gasteiger partial charge in [0.1, 0.15) is 6.10 Å². The quantitative estimate of drug-likeness (QED) is 0.399. The molecular weight excluding hydrogens is 377 g/mol. The molecule has 1 heterocycles. The van der Waals surface area contributed by atoms with Crippen molar-refractivity contribution in [2.45, 2.75) is 25.4 Å². The standard InChI is InChI=1S/C23H19F3N2O/c24-23(25,26)19-12-10-17(11-13-19)15-29-22(18-6-2-1-3-7-18)14-28-16-27-20-8-4-5-9-21(20)28/h1-13,16,22H,14-15H2/t22-/m0/s1. The number of alkyl halides is 3. The molecule has 4 rings (SSSR count). The monoisotopic (exact) mass is 396 g/mol. The lowest BCUT2D eigenvalue weighted by Crippen LogP contribution is -2.12. The van der Waals surface area contributed by atoms with E-state index in [9.17, 15) is 13.2 Å². The maximum atomic E-state index is 12.8. The molecule has 0 radical (unpaired) electrons. The number of para-hydroxylation sites is 2. The van der Waals surface area contributed by atoms with Crippen molar-refractivity contribution < 1.29 is 17.9 Å². The second-order valence-electron chi connectivity index (χ2n) is 6.79. The number of hydrogen-bond donors (Lipinski definition) is 0. The summed E-state index contributed by atoms with van der Waals surface area (Å²) in [5.41, 5.74) is 2.94. The molecule has 1 aromatic heterocycles. The van der Waals surface area contributed by atoms with Crippen LogP contribution in [0.2, 0.25) is 0 Å². The van der Waals surface area contributed by atoms with Gasteiger partial charge in [-0.15, -0.1) is 0 Å². The van der Waals surface area contributed by atoms with E-state index in [0.717, 1.165) is 28.7 Å². The summed E-state index contributed by atoms with van der Waals surface area (Å²) in [5.74, 6) is 0. The Kier molecular flexibility index (Phi) is 5.36. The average Bonchev–Trinajstić information content (AvgIpc) is 3.14. The molecule has 0 N–H and O–H groups in total. The van der Waals surface area contributed by atoms with Crippen LogP contribution in [-0.2, 0) is 24.1 Å². The molecule has 148 valence electrons. The largest absolute Gasteiger partial charge is 0.416 e. The highest BCUT2D eigenvalue weighted by atomic mass is 19.4. The van der Waals surface area contributed by atoms with Gasteiger partial charge in [0.2, 0.25) is 0 Å². The van der Waals surface area contributed by atoms with E-state index in [1.54, 1.807) is 6.33 Å². The molecule has 1 atom stereocenters. The number of benzene rings is 3. The van der Waals surface area contributed by atoms with E-state index in [1.165, 1.54) is 12.1 Å². The lowest BCUT2D eigenvalue weighted by Gasteiger charge is -2.20. The van der Waals surface area contributed by atoms with Crippen molar-refractivity contribution in [3.8, 4) is 0 Å². The zero-order chi connectivity index (χ0) is 20.3. The third-order valence-corrected chi connectivity index (χ3v) is 4.79. The van der Waals surface area contributed by atoms with Crippen LogP contribution in [0, 0.1) is 0 Å². The molecular formula is C23H19F3N2O. The molecule has 0 fully saturated rings. The van der Waals surface area contributed by atoms with E-state index >= 15 is 0 Å². The molecule has 0 aliphatic heterocycles. The lowest BCUT2D eigenvalue weighted by atomic mass is 10.1. The van der Waals surface area contributed by atoms with Gasteiger partial charge in [0, 0.05) is 0 Å². The Hall–Kier alpha value is -3.12. The van der Waals surface area contributed by atoms with Gasteiger partial charge >= 0.3 is 6.18 Å². The number of halogens is 3. The van der Waals surface area contributed by atoms with Crippen molar-refractivity contribution in [3.63, 3.8) is 0 Å². The fourth-order valence-corrected chi connectivity index (χ4v) is 3.24. The maximum absolute atomic E-state index is 12.8. The Bertz CT molecular complexity index is 1070. The smallest absolute Gasteiger partial charge is 0.367 e. The summed E-state index contributed by atoms with van der Waals surface area (Å²) in [4.78, 5) is 4.42. The van der Waals surface area contributed by atoms with E-state index in [4.69, 9.17) is 4.74 Å². The molecule has 29 heavy (non-hydrogen) atoms. The molecule has 0 aliphatic rings. The summed E-state index contributed by atoms with van der Waals surface area (Å²) in [7, 11) is 0. The van der Waals surface area contributed by atoms with Crippen LogP contribution >= 0.6 is 0 Å². The minimum Gasteiger partial charge on any atom is -0.367 e. The van der Waals surface area contributed by atoms with Crippen molar-refractivity contribution in [1.82, 2.24) is 9.55 Å². The molecule has 0 spiro atoms. The molecule has 0 bridgehead atoms. The first-order valence-corrected chi connectivity index (χ1v) is 9.23. The molecule has 3 nitrogen and oxygen atoms in total. The van der Waals surface area contributed by atoms with Crippen molar-refractivity contribution in [3.05, 3.63) is 102 Å². The second-order valence-corrected chi connectivity index (χ2v) is 6.79. The van der Waals surface area contributed by atoms with Crippen LogP contribution in [0.15, 0.2) is 85.2 Å². The zero-order valence-electron chi connectivity index (χ0n) is 15.5. The first kappa shape index (κ1) is 19.2. The SMILES string of the molecule is FC(F)(F)c1ccc(CO[C@@H](Cn2cnc3ccccc32)c2ccccc2)cc1. The number of aromatic nitrogens is 2. The predicted molar refractivity (Wildman–Crippen MR) is 105 cm³/mol. The van der Waals surface area contributed by atoms with Crippen LogP contribution in [-0.4, -0.2) is 9.55 Å². The van der Waals surface area contributed by atoms with Crippen LogP contribution < -0.4 is 0 Å². The van der Waals surface area contributed by atoms with Crippen LogP contribution in [0.5, 0.6) is 0 Å². The van der Waals surface area contributed by atoms with Gasteiger partial charge < -0.3 is 9.30 Å².